The molecule has 5 fully saturated rings. The standard InChI is InChI=1S/C24H29F3.C23H27F3.C22H25F3.C21H23F3.C21H21F3/c1-3-4-5-6-17-7-9-18(10-8-17)19-11-12-21(24(27)13-19)20-14-22(25)16(2)23(26)15-20;1-3-4-5-16-6-8-17(9-7-16)18-10-11-20(23(26)12-18)19-13-21(24)15(2)22(25)14-19;1-3-4-15-5-7-16(8-6-15)17-9-10-19(22(25)11-17)18-12-20(23)14(2)21(24)13-18;2*1-3-14-4-6-15(7-5-14)16-8-9-18(21(24)10-16)17-11-19(22)13(2)20(23)12-17/h11-15,17-18H,3-10H2,1-2H3;10-14,16-17H,3-9H2,1-2H3;9-13,15-16H,3-8H2,1-2H3;8-12,14-15H,3-7H2,1-2H3;3,8-12,14-15H,1,4-7H2,2H3. The average Bonchev–Trinajstić information content (AvgIpc) is 0.817. The molecule has 0 saturated heterocycles. The Morgan fingerprint density at radius 2 is 0.437 bits per heavy atom. The monoisotopic (exact) mass is 1740 g/mol. The summed E-state index contributed by atoms with van der Waals surface area (Å²) in [4.78, 5) is 0. The quantitative estimate of drug-likeness (QED) is 0.0382. The summed E-state index contributed by atoms with van der Waals surface area (Å²) in [6.07, 6.45) is 37.4. The minimum absolute atomic E-state index is 0.0357. The van der Waals surface area contributed by atoms with Crippen LogP contribution in [0.1, 0.15) is 306 Å². The smallest absolute Gasteiger partial charge is 0.131 e. The van der Waals surface area contributed by atoms with Crippen LogP contribution in [0, 0.1) is 151 Å². The van der Waals surface area contributed by atoms with E-state index in [9.17, 15) is 65.9 Å². The summed E-state index contributed by atoms with van der Waals surface area (Å²) in [7, 11) is 0. The third-order valence-corrected chi connectivity index (χ3v) is 28.2. The second kappa shape index (κ2) is 46.2. The van der Waals surface area contributed by atoms with E-state index in [-0.39, 0.29) is 83.5 Å². The SMILES string of the molecule is C=CC1CCC(c2ccc(-c3cc(F)c(C)c(F)c3)c(F)c2)CC1.CCC1CCC(c2ccc(-c3cc(F)c(C)c(F)c3)c(F)c2)CC1.CCCC1CCC(c2ccc(-c3cc(F)c(C)c(F)c3)c(F)c2)CC1.CCCCC1CCC(c2ccc(-c3cc(F)c(C)c(F)c3)c(F)c2)CC1.CCCCCC1CCC(c2ccc(-c3cc(F)c(C)c(F)c3)c(F)c2)CC1. The van der Waals surface area contributed by atoms with Crippen molar-refractivity contribution >= 4 is 0 Å². The molecule has 0 atom stereocenters. The van der Waals surface area contributed by atoms with Crippen molar-refractivity contribution in [2.24, 2.45) is 29.6 Å². The third kappa shape index (κ3) is 25.5. The number of benzene rings is 10. The highest BCUT2D eigenvalue weighted by molar-refractivity contribution is 5.70. The summed E-state index contributed by atoms with van der Waals surface area (Å²) in [6, 6.07) is 37.6. The van der Waals surface area contributed by atoms with Gasteiger partial charge in [-0.25, -0.2) is 65.9 Å². The molecule has 674 valence electrons. The topological polar surface area (TPSA) is 0 Å². The fourth-order valence-corrected chi connectivity index (χ4v) is 19.6. The molecule has 15 heteroatoms. The minimum atomic E-state index is -0.656. The lowest BCUT2D eigenvalue weighted by molar-refractivity contribution is 0.302. The first-order chi connectivity index (χ1) is 60.5. The van der Waals surface area contributed by atoms with Crippen LogP contribution in [0.3, 0.4) is 0 Å². The predicted molar refractivity (Wildman–Crippen MR) is 485 cm³/mol. The van der Waals surface area contributed by atoms with Crippen molar-refractivity contribution in [3.05, 3.63) is 307 Å². The van der Waals surface area contributed by atoms with Gasteiger partial charge in [0.1, 0.15) is 87.3 Å². The van der Waals surface area contributed by atoms with Crippen molar-refractivity contribution in [1.29, 1.82) is 0 Å². The summed E-state index contributed by atoms with van der Waals surface area (Å²) >= 11 is 0. The van der Waals surface area contributed by atoms with E-state index in [1.807, 2.05) is 36.4 Å². The van der Waals surface area contributed by atoms with Crippen LogP contribution in [0.25, 0.3) is 55.6 Å². The van der Waals surface area contributed by atoms with Crippen LogP contribution in [-0.2, 0) is 0 Å². The van der Waals surface area contributed by atoms with Crippen molar-refractivity contribution in [2.75, 3.05) is 0 Å². The largest absolute Gasteiger partial charge is 0.207 e. The molecule has 0 unspecified atom stereocenters. The Bertz CT molecular complexity index is 5150. The molecule has 0 aliphatic heterocycles. The van der Waals surface area contributed by atoms with Gasteiger partial charge in [-0.2, -0.15) is 0 Å². The van der Waals surface area contributed by atoms with Gasteiger partial charge in [0.25, 0.3) is 0 Å². The zero-order valence-electron chi connectivity index (χ0n) is 74.9. The highest BCUT2D eigenvalue weighted by Crippen LogP contribution is 2.46. The fraction of sp³-hybridized carbons (Fsp3) is 0.441. The highest BCUT2D eigenvalue weighted by atomic mass is 19.2. The molecule has 0 spiro atoms. The molecule has 5 aliphatic carbocycles. The van der Waals surface area contributed by atoms with Gasteiger partial charge in [-0.05, 0) is 369 Å². The van der Waals surface area contributed by atoms with Gasteiger partial charge in [-0.1, -0.05) is 159 Å². The van der Waals surface area contributed by atoms with Gasteiger partial charge in [0.05, 0.1) is 0 Å². The van der Waals surface area contributed by atoms with E-state index in [2.05, 4.69) is 34.3 Å². The molecule has 5 aliphatic rings. The molecule has 0 bridgehead atoms. The van der Waals surface area contributed by atoms with Crippen LogP contribution in [0.5, 0.6) is 0 Å². The van der Waals surface area contributed by atoms with Crippen LogP contribution >= 0.6 is 0 Å². The van der Waals surface area contributed by atoms with Gasteiger partial charge < -0.3 is 0 Å². The van der Waals surface area contributed by atoms with Gasteiger partial charge in [0, 0.05) is 55.6 Å². The van der Waals surface area contributed by atoms with Gasteiger partial charge in [-0.15, -0.1) is 6.58 Å². The molecule has 0 nitrogen and oxygen atoms in total. The molecular weight excluding hydrogens is 1620 g/mol. The van der Waals surface area contributed by atoms with E-state index < -0.39 is 87.3 Å². The van der Waals surface area contributed by atoms with Crippen LogP contribution in [0.4, 0.5) is 65.9 Å². The van der Waals surface area contributed by atoms with Crippen molar-refractivity contribution in [1.82, 2.24) is 0 Å². The normalized spacial score (nSPS) is 20.6. The van der Waals surface area contributed by atoms with Gasteiger partial charge in [0.15, 0.2) is 0 Å². The lowest BCUT2D eigenvalue weighted by Gasteiger charge is -2.29. The van der Waals surface area contributed by atoms with E-state index >= 15 is 0 Å². The third-order valence-electron chi connectivity index (χ3n) is 28.2. The molecule has 0 aromatic heterocycles. The second-order valence-electron chi connectivity index (χ2n) is 36.6. The maximum Gasteiger partial charge on any atom is 0.131 e. The first-order valence-corrected chi connectivity index (χ1v) is 46.4. The molecule has 0 radical (unpaired) electrons. The van der Waals surface area contributed by atoms with E-state index in [4.69, 9.17) is 0 Å². The molecule has 0 N–H and O–H groups in total. The maximum absolute atomic E-state index is 14.7. The number of hydrogen-bond donors (Lipinski definition) is 0. The predicted octanol–water partition coefficient (Wildman–Crippen LogP) is 35.9. The number of halogens is 15. The molecular formula is C111H125F15. The van der Waals surface area contributed by atoms with Crippen molar-refractivity contribution in [2.45, 2.75) is 285 Å². The van der Waals surface area contributed by atoms with Crippen LogP contribution in [0.2, 0.25) is 0 Å². The molecule has 126 heavy (non-hydrogen) atoms. The summed E-state index contributed by atoms with van der Waals surface area (Å²) in [5, 5.41) is 0. The Morgan fingerprint density at radius 1 is 0.230 bits per heavy atom. The Kier molecular flexibility index (Phi) is 35.8. The lowest BCUT2D eigenvalue weighted by atomic mass is 9.77. The van der Waals surface area contributed by atoms with E-state index in [0.717, 1.165) is 129 Å². The summed E-state index contributed by atoms with van der Waals surface area (Å²) in [5.41, 5.74) is 7.25. The van der Waals surface area contributed by atoms with Crippen molar-refractivity contribution in [3.63, 3.8) is 0 Å². The summed E-state index contributed by atoms with van der Waals surface area (Å²) in [6.45, 7) is 19.6. The van der Waals surface area contributed by atoms with Gasteiger partial charge in [-0.3, -0.25) is 0 Å². The molecule has 10 aromatic carbocycles. The zero-order valence-corrected chi connectivity index (χ0v) is 74.9. The first-order valence-electron chi connectivity index (χ1n) is 46.4. The van der Waals surface area contributed by atoms with Gasteiger partial charge >= 0.3 is 0 Å². The second-order valence-corrected chi connectivity index (χ2v) is 36.6. The lowest BCUT2D eigenvalue weighted by Crippen LogP contribution is -2.13. The fourth-order valence-electron chi connectivity index (χ4n) is 19.6. The Labute approximate surface area is 738 Å². The minimum Gasteiger partial charge on any atom is -0.207 e. The Morgan fingerprint density at radius 3 is 0.635 bits per heavy atom. The molecule has 15 rings (SSSR count). The average molecular weight is 1740 g/mol. The van der Waals surface area contributed by atoms with Crippen LogP contribution < -0.4 is 0 Å². The van der Waals surface area contributed by atoms with Crippen LogP contribution in [0.15, 0.2) is 164 Å². The number of allylic oxidation sites excluding steroid dienone is 1. The Hall–Kier alpha value is -9.11. The zero-order chi connectivity index (χ0) is 90.6. The maximum atomic E-state index is 14.7. The summed E-state index contributed by atoms with van der Waals surface area (Å²) in [5.74, 6) is -2.82. The van der Waals surface area contributed by atoms with E-state index in [1.54, 1.807) is 54.6 Å². The summed E-state index contributed by atoms with van der Waals surface area (Å²) < 4.78 is 211. The van der Waals surface area contributed by atoms with Crippen LogP contribution in [-0.4, -0.2) is 0 Å². The molecule has 0 heterocycles. The van der Waals surface area contributed by atoms with Crippen molar-refractivity contribution < 1.29 is 65.9 Å². The highest BCUT2D eigenvalue weighted by Gasteiger charge is 2.30. The van der Waals surface area contributed by atoms with Gasteiger partial charge in [0.2, 0.25) is 0 Å². The van der Waals surface area contributed by atoms with Crippen molar-refractivity contribution in [3.8, 4) is 55.6 Å². The number of unbranched alkanes of at least 4 members (excludes halogenated alkanes) is 3. The molecule has 0 amide bonds. The molecule has 10 aromatic rings. The van der Waals surface area contributed by atoms with E-state index in [1.165, 1.54) is 217 Å². The Balaban J connectivity index is 0.000000153. The number of hydrogen-bond acceptors (Lipinski definition) is 0. The number of rotatable bonds is 21. The molecule has 5 saturated carbocycles. The van der Waals surface area contributed by atoms with E-state index in [0.29, 0.717) is 35.5 Å². The first kappa shape index (κ1) is 97.5.